The molecule has 0 aromatic heterocycles. The Morgan fingerprint density at radius 1 is 1.06 bits per heavy atom. The minimum atomic E-state index is -0.780. The zero-order chi connectivity index (χ0) is 24.1. The van der Waals surface area contributed by atoms with Crippen LogP contribution in [0.3, 0.4) is 0 Å². The van der Waals surface area contributed by atoms with Gasteiger partial charge in [-0.15, -0.1) is 0 Å². The van der Waals surface area contributed by atoms with Gasteiger partial charge >= 0.3 is 12.1 Å². The van der Waals surface area contributed by atoms with Crippen LogP contribution in [0.5, 0.6) is 0 Å². The highest BCUT2D eigenvalue weighted by Gasteiger charge is 2.23. The zero-order valence-electron chi connectivity index (χ0n) is 19.2. The molecule has 0 bridgehead atoms. The molecule has 178 valence electrons. The Morgan fingerprint density at radius 3 is 2.38 bits per heavy atom. The molecule has 0 aliphatic rings. The number of nitrogens with one attached hydrogen (secondary N) is 1. The molecular formula is C23H33ClN2O6. The Kier molecular flexibility index (Phi) is 12.4. The molecule has 2 amide bonds. The third-order valence-electron chi connectivity index (χ3n) is 4.64. The number of rotatable bonds is 13. The third kappa shape index (κ3) is 10.6. The quantitative estimate of drug-likeness (QED) is 0.201. The van der Waals surface area contributed by atoms with E-state index in [0.717, 1.165) is 6.42 Å². The van der Waals surface area contributed by atoms with Crippen molar-refractivity contribution in [3.8, 4) is 0 Å². The lowest BCUT2D eigenvalue weighted by Crippen LogP contribution is -2.42. The minimum absolute atomic E-state index is 0.000198. The minimum Gasteiger partial charge on any atom is -0.426 e. The van der Waals surface area contributed by atoms with E-state index in [2.05, 4.69) is 5.32 Å². The number of benzene rings is 1. The fourth-order valence-electron chi connectivity index (χ4n) is 3.00. The van der Waals surface area contributed by atoms with Gasteiger partial charge in [0, 0.05) is 32.5 Å². The normalized spacial score (nSPS) is 11.6. The van der Waals surface area contributed by atoms with Crippen LogP contribution in [0.2, 0.25) is 5.02 Å². The number of ether oxygens (including phenoxy) is 2. The van der Waals surface area contributed by atoms with Gasteiger partial charge in [0.15, 0.2) is 5.78 Å². The molecule has 0 saturated heterocycles. The van der Waals surface area contributed by atoms with Crippen LogP contribution in [-0.4, -0.2) is 55.1 Å². The molecular weight excluding hydrogens is 436 g/mol. The molecule has 0 fully saturated rings. The molecule has 1 aromatic rings. The van der Waals surface area contributed by atoms with Crippen molar-refractivity contribution >= 4 is 35.4 Å². The Hall–Kier alpha value is -2.61. The van der Waals surface area contributed by atoms with E-state index in [-0.39, 0.29) is 17.6 Å². The molecule has 1 rings (SSSR count). The number of unbranched alkanes of at least 4 members (excludes halogenated alkanes) is 2. The molecule has 0 radical (unpaired) electrons. The lowest BCUT2D eigenvalue weighted by atomic mass is 10.0. The van der Waals surface area contributed by atoms with E-state index in [9.17, 15) is 19.2 Å². The monoisotopic (exact) mass is 468 g/mol. The first-order valence-electron chi connectivity index (χ1n) is 10.7. The molecule has 1 atom stereocenters. The first-order chi connectivity index (χ1) is 15.1. The summed E-state index contributed by atoms with van der Waals surface area (Å²) in [4.78, 5) is 48.9. The van der Waals surface area contributed by atoms with Gasteiger partial charge in [-0.3, -0.25) is 9.59 Å². The van der Waals surface area contributed by atoms with Gasteiger partial charge in [-0.05, 0) is 37.3 Å². The molecule has 1 unspecified atom stereocenters. The summed E-state index contributed by atoms with van der Waals surface area (Å²) >= 11 is 6.03. The number of nitrogens with zero attached hydrogens (tertiary/aromatic N) is 1. The maximum atomic E-state index is 12.2. The van der Waals surface area contributed by atoms with E-state index >= 15 is 0 Å². The first-order valence-corrected chi connectivity index (χ1v) is 11.1. The highest BCUT2D eigenvalue weighted by atomic mass is 35.5. The molecule has 0 aliphatic heterocycles. The summed E-state index contributed by atoms with van der Waals surface area (Å²) in [5.74, 6) is -0.807. The van der Waals surface area contributed by atoms with Crippen molar-refractivity contribution in [2.45, 2.75) is 58.9 Å². The third-order valence-corrected chi connectivity index (χ3v) is 4.97. The van der Waals surface area contributed by atoms with Crippen LogP contribution in [-0.2, 0) is 19.1 Å². The summed E-state index contributed by atoms with van der Waals surface area (Å²) in [6, 6.07) is 6.18. The molecule has 0 heterocycles. The van der Waals surface area contributed by atoms with Gasteiger partial charge in [0.2, 0.25) is 12.7 Å². The largest absolute Gasteiger partial charge is 0.426 e. The predicted molar refractivity (Wildman–Crippen MR) is 121 cm³/mol. The summed E-state index contributed by atoms with van der Waals surface area (Å²) in [6.07, 6.45) is 2.33. The Bertz CT molecular complexity index is 784. The Balaban J connectivity index is 2.26. The van der Waals surface area contributed by atoms with Crippen LogP contribution in [0.4, 0.5) is 4.79 Å². The van der Waals surface area contributed by atoms with Gasteiger partial charge in [0.05, 0.1) is 5.02 Å². The molecule has 0 saturated carbocycles. The smallest absolute Gasteiger partial charge is 0.412 e. The van der Waals surface area contributed by atoms with E-state index in [1.165, 1.54) is 11.8 Å². The van der Waals surface area contributed by atoms with Crippen molar-refractivity contribution in [3.05, 3.63) is 34.9 Å². The van der Waals surface area contributed by atoms with Crippen molar-refractivity contribution in [1.82, 2.24) is 10.2 Å². The van der Waals surface area contributed by atoms with Crippen LogP contribution in [0.1, 0.15) is 63.2 Å². The highest BCUT2D eigenvalue weighted by molar-refractivity contribution is 6.33. The number of halogens is 1. The molecule has 1 N–H and O–H groups in total. The van der Waals surface area contributed by atoms with Crippen LogP contribution >= 0.6 is 11.6 Å². The Morgan fingerprint density at radius 2 is 1.75 bits per heavy atom. The summed E-state index contributed by atoms with van der Waals surface area (Å²) in [7, 11) is 1.58. The lowest BCUT2D eigenvalue weighted by Gasteiger charge is -2.20. The first kappa shape index (κ1) is 27.4. The highest BCUT2D eigenvalue weighted by Crippen LogP contribution is 2.18. The average Bonchev–Trinajstić information content (AvgIpc) is 2.72. The maximum Gasteiger partial charge on any atom is 0.412 e. The van der Waals surface area contributed by atoms with Gasteiger partial charge in [0.1, 0.15) is 6.04 Å². The summed E-state index contributed by atoms with van der Waals surface area (Å²) in [6.45, 7) is 5.08. The SMILES string of the molecule is CC(=O)NC(CC(C)C)C(=O)OCOC(=O)N(C)CCCCCC(=O)c1ccccc1Cl. The second-order valence-corrected chi connectivity index (χ2v) is 8.42. The molecule has 8 nitrogen and oxygen atoms in total. The number of hydrogen-bond acceptors (Lipinski definition) is 6. The van der Waals surface area contributed by atoms with Crippen molar-refractivity contribution in [1.29, 1.82) is 0 Å². The van der Waals surface area contributed by atoms with E-state index in [0.29, 0.717) is 42.8 Å². The van der Waals surface area contributed by atoms with Crippen LogP contribution in [0.25, 0.3) is 0 Å². The lowest BCUT2D eigenvalue weighted by molar-refractivity contribution is -0.156. The number of carbonyl (C=O) groups excluding carboxylic acids is 4. The fraction of sp³-hybridized carbons (Fsp3) is 0.565. The van der Waals surface area contributed by atoms with E-state index in [4.69, 9.17) is 21.1 Å². The number of hydrogen-bond donors (Lipinski definition) is 1. The predicted octanol–water partition coefficient (Wildman–Crippen LogP) is 4.20. The van der Waals surface area contributed by atoms with Crippen molar-refractivity contribution < 1.29 is 28.7 Å². The van der Waals surface area contributed by atoms with Gasteiger partial charge < -0.3 is 19.7 Å². The van der Waals surface area contributed by atoms with E-state index in [1.807, 2.05) is 13.8 Å². The number of Topliss-reactive ketones (excluding diaryl/α,β-unsaturated/α-hetero) is 1. The van der Waals surface area contributed by atoms with Gasteiger partial charge in [0.25, 0.3) is 0 Å². The molecule has 32 heavy (non-hydrogen) atoms. The topological polar surface area (TPSA) is 102 Å². The zero-order valence-corrected chi connectivity index (χ0v) is 19.9. The Labute approximate surface area is 194 Å². The second kappa shape index (κ2) is 14.5. The standard InChI is InChI=1S/C23H33ClN2O6/c1-16(2)14-20(25-17(3)27)22(29)31-15-32-23(30)26(4)13-9-5-6-12-21(28)18-10-7-8-11-19(18)24/h7-8,10-11,16,20H,5-6,9,12-15H2,1-4H3,(H,25,27). The number of esters is 1. The number of carbonyl (C=O) groups is 4. The molecule has 9 heteroatoms. The average molecular weight is 469 g/mol. The fourth-order valence-corrected chi connectivity index (χ4v) is 3.25. The molecule has 1 aromatic carbocycles. The van der Waals surface area contributed by atoms with Crippen LogP contribution in [0.15, 0.2) is 24.3 Å². The number of amides is 2. The van der Waals surface area contributed by atoms with Gasteiger partial charge in [-0.1, -0.05) is 44.0 Å². The summed E-state index contributed by atoms with van der Waals surface area (Å²) < 4.78 is 9.94. The van der Waals surface area contributed by atoms with E-state index in [1.54, 1.807) is 31.3 Å². The summed E-state index contributed by atoms with van der Waals surface area (Å²) in [5.41, 5.74) is 0.526. The van der Waals surface area contributed by atoms with Crippen LogP contribution in [0, 0.1) is 5.92 Å². The van der Waals surface area contributed by atoms with Crippen LogP contribution < -0.4 is 5.32 Å². The molecule has 0 spiro atoms. The summed E-state index contributed by atoms with van der Waals surface area (Å²) in [5, 5.41) is 2.99. The van der Waals surface area contributed by atoms with Crippen molar-refractivity contribution in [2.75, 3.05) is 20.4 Å². The van der Waals surface area contributed by atoms with Crippen molar-refractivity contribution in [2.24, 2.45) is 5.92 Å². The molecule has 0 aliphatic carbocycles. The number of ketones is 1. The van der Waals surface area contributed by atoms with Crippen molar-refractivity contribution in [3.63, 3.8) is 0 Å². The van der Waals surface area contributed by atoms with Gasteiger partial charge in [-0.2, -0.15) is 0 Å². The van der Waals surface area contributed by atoms with E-state index < -0.39 is 24.9 Å². The maximum absolute atomic E-state index is 12.2. The second-order valence-electron chi connectivity index (χ2n) is 8.01. The van der Waals surface area contributed by atoms with Gasteiger partial charge in [-0.25, -0.2) is 9.59 Å².